The van der Waals surface area contributed by atoms with Gasteiger partial charge in [-0.3, -0.25) is 4.79 Å². The second-order valence-electron chi connectivity index (χ2n) is 7.47. The van der Waals surface area contributed by atoms with E-state index in [9.17, 15) is 18.0 Å². The van der Waals surface area contributed by atoms with Crippen LogP contribution in [0.4, 0.5) is 18.9 Å². The number of alkyl halides is 3. The van der Waals surface area contributed by atoms with E-state index in [1.54, 1.807) is 39.2 Å². The number of amides is 1. The van der Waals surface area contributed by atoms with Crippen LogP contribution in [0.1, 0.15) is 36.5 Å². The highest BCUT2D eigenvalue weighted by Gasteiger charge is 2.41. The lowest BCUT2D eigenvalue weighted by atomic mass is 9.82. The number of carbonyl (C=O) groups excluding carboxylic acids is 1. The zero-order valence-electron chi connectivity index (χ0n) is 16.7. The number of benzene rings is 2. The lowest BCUT2D eigenvalue weighted by molar-refractivity contribution is -0.138. The largest absolute Gasteiger partial charge is 0.497 e. The molecule has 2 aromatic rings. The summed E-state index contributed by atoms with van der Waals surface area (Å²) in [4.78, 5) is 14.8. The van der Waals surface area contributed by atoms with Crippen LogP contribution in [0.2, 0.25) is 0 Å². The van der Waals surface area contributed by atoms with Crippen LogP contribution in [-0.4, -0.2) is 25.6 Å². The standard InChI is InChI=1S/C22H25F3N2O2/c1-13(12-26)27-20-6-4-5-19(22(23,24)25)18(20)11-17(14(2)21(27)28)15-7-9-16(29-3)10-8-15/h4-10,13-14,17H,11-12,26H2,1-3H3/t13?,14-,17-/m1/s1. The van der Waals surface area contributed by atoms with Gasteiger partial charge in [0.15, 0.2) is 0 Å². The van der Waals surface area contributed by atoms with Crippen LogP contribution < -0.4 is 15.4 Å². The minimum atomic E-state index is -4.51. The summed E-state index contributed by atoms with van der Waals surface area (Å²) in [6, 6.07) is 10.7. The minimum absolute atomic E-state index is 0.109. The lowest BCUT2D eigenvalue weighted by Crippen LogP contribution is -2.45. The fraction of sp³-hybridized carbons (Fsp3) is 0.409. The summed E-state index contributed by atoms with van der Waals surface area (Å²) in [5, 5.41) is 0. The van der Waals surface area contributed by atoms with Crippen molar-refractivity contribution in [2.75, 3.05) is 18.6 Å². The van der Waals surface area contributed by atoms with Crippen molar-refractivity contribution in [2.24, 2.45) is 11.7 Å². The van der Waals surface area contributed by atoms with Gasteiger partial charge in [-0.2, -0.15) is 13.2 Å². The Morgan fingerprint density at radius 1 is 1.21 bits per heavy atom. The molecule has 0 bridgehead atoms. The van der Waals surface area contributed by atoms with Gasteiger partial charge >= 0.3 is 6.18 Å². The molecule has 0 fully saturated rings. The van der Waals surface area contributed by atoms with Crippen LogP contribution in [0.15, 0.2) is 42.5 Å². The van der Waals surface area contributed by atoms with Gasteiger partial charge in [-0.15, -0.1) is 0 Å². The monoisotopic (exact) mass is 406 g/mol. The van der Waals surface area contributed by atoms with Gasteiger partial charge in [0, 0.05) is 24.2 Å². The summed E-state index contributed by atoms with van der Waals surface area (Å²) in [6.45, 7) is 3.68. The van der Waals surface area contributed by atoms with Gasteiger partial charge < -0.3 is 15.4 Å². The van der Waals surface area contributed by atoms with E-state index in [1.165, 1.54) is 11.0 Å². The Labute approximate surface area is 168 Å². The van der Waals surface area contributed by atoms with Gasteiger partial charge in [-0.05, 0) is 54.7 Å². The molecule has 3 atom stereocenters. The molecular weight excluding hydrogens is 381 g/mol. The first-order valence-corrected chi connectivity index (χ1v) is 9.55. The molecule has 0 aromatic heterocycles. The average Bonchev–Trinajstić information content (AvgIpc) is 2.81. The number of carbonyl (C=O) groups is 1. The summed E-state index contributed by atoms with van der Waals surface area (Å²) < 4.78 is 46.6. The average molecular weight is 406 g/mol. The number of hydrogen-bond donors (Lipinski definition) is 1. The maximum absolute atomic E-state index is 13.8. The molecule has 29 heavy (non-hydrogen) atoms. The summed E-state index contributed by atoms with van der Waals surface area (Å²) >= 11 is 0. The second-order valence-corrected chi connectivity index (χ2v) is 7.47. The Morgan fingerprint density at radius 3 is 2.41 bits per heavy atom. The first kappa shape index (κ1) is 21.2. The van der Waals surface area contributed by atoms with Crippen LogP contribution >= 0.6 is 0 Å². The summed E-state index contributed by atoms with van der Waals surface area (Å²) in [5.74, 6) is -0.477. The highest BCUT2D eigenvalue weighted by molar-refractivity contribution is 5.98. The molecule has 156 valence electrons. The van der Waals surface area contributed by atoms with Gasteiger partial charge in [0.2, 0.25) is 5.91 Å². The number of methoxy groups -OCH3 is 1. The Bertz CT molecular complexity index is 881. The first-order valence-electron chi connectivity index (χ1n) is 9.55. The quantitative estimate of drug-likeness (QED) is 0.820. The third kappa shape index (κ3) is 3.96. The Balaban J connectivity index is 2.19. The second kappa shape index (κ2) is 8.06. The van der Waals surface area contributed by atoms with Crippen molar-refractivity contribution in [1.29, 1.82) is 0 Å². The molecule has 0 radical (unpaired) electrons. The smallest absolute Gasteiger partial charge is 0.416 e. The van der Waals surface area contributed by atoms with E-state index in [2.05, 4.69) is 0 Å². The van der Waals surface area contributed by atoms with Crippen LogP contribution in [-0.2, 0) is 17.4 Å². The molecule has 1 aliphatic rings. The third-order valence-electron chi connectivity index (χ3n) is 5.70. The van der Waals surface area contributed by atoms with Crippen molar-refractivity contribution < 1.29 is 22.7 Å². The van der Waals surface area contributed by atoms with E-state index in [0.717, 1.165) is 11.6 Å². The maximum Gasteiger partial charge on any atom is 0.416 e. The highest BCUT2D eigenvalue weighted by Crippen LogP contribution is 2.44. The molecule has 1 heterocycles. The maximum atomic E-state index is 13.8. The minimum Gasteiger partial charge on any atom is -0.497 e. The molecule has 1 aliphatic heterocycles. The molecule has 1 amide bonds. The number of nitrogens with two attached hydrogens (primary N) is 1. The Hall–Kier alpha value is -2.54. The molecule has 2 N–H and O–H groups in total. The molecular formula is C22H25F3N2O2. The summed E-state index contributed by atoms with van der Waals surface area (Å²) in [6.07, 6.45) is -4.40. The molecule has 3 rings (SSSR count). The normalized spacial score (nSPS) is 20.8. The van der Waals surface area contributed by atoms with E-state index < -0.39 is 29.6 Å². The van der Waals surface area contributed by atoms with Crippen LogP contribution in [0.25, 0.3) is 0 Å². The molecule has 0 saturated heterocycles. The van der Waals surface area contributed by atoms with Crippen molar-refractivity contribution in [3.8, 4) is 5.75 Å². The number of hydrogen-bond acceptors (Lipinski definition) is 3. The number of halogens is 3. The van der Waals surface area contributed by atoms with Crippen molar-refractivity contribution in [1.82, 2.24) is 0 Å². The fourth-order valence-corrected chi connectivity index (χ4v) is 4.01. The summed E-state index contributed by atoms with van der Waals surface area (Å²) in [7, 11) is 1.55. The molecule has 4 nitrogen and oxygen atoms in total. The number of anilines is 1. The topological polar surface area (TPSA) is 55.6 Å². The predicted molar refractivity (Wildman–Crippen MR) is 106 cm³/mol. The fourth-order valence-electron chi connectivity index (χ4n) is 4.01. The number of ether oxygens (including phenoxy) is 1. The molecule has 0 saturated carbocycles. The number of rotatable bonds is 4. The van der Waals surface area contributed by atoms with Crippen molar-refractivity contribution >= 4 is 11.6 Å². The van der Waals surface area contributed by atoms with Crippen LogP contribution in [0.5, 0.6) is 5.75 Å². The zero-order valence-corrected chi connectivity index (χ0v) is 16.7. The van der Waals surface area contributed by atoms with Crippen LogP contribution in [0.3, 0.4) is 0 Å². The van der Waals surface area contributed by atoms with E-state index in [1.807, 2.05) is 12.1 Å². The highest BCUT2D eigenvalue weighted by atomic mass is 19.4. The van der Waals surface area contributed by atoms with E-state index in [4.69, 9.17) is 10.5 Å². The van der Waals surface area contributed by atoms with Gasteiger partial charge in [0.25, 0.3) is 0 Å². The van der Waals surface area contributed by atoms with E-state index in [0.29, 0.717) is 11.4 Å². The number of fused-ring (bicyclic) bond motifs is 1. The van der Waals surface area contributed by atoms with Gasteiger partial charge in [-0.1, -0.05) is 25.1 Å². The van der Waals surface area contributed by atoms with Crippen molar-refractivity contribution in [3.63, 3.8) is 0 Å². The molecule has 0 aliphatic carbocycles. The predicted octanol–water partition coefficient (Wildman–Crippen LogP) is 4.37. The Kier molecular flexibility index (Phi) is 5.89. The van der Waals surface area contributed by atoms with E-state index in [-0.39, 0.29) is 24.4 Å². The van der Waals surface area contributed by atoms with E-state index >= 15 is 0 Å². The summed E-state index contributed by atoms with van der Waals surface area (Å²) in [5.41, 5.74) is 6.32. The Morgan fingerprint density at radius 2 is 1.86 bits per heavy atom. The van der Waals surface area contributed by atoms with Crippen molar-refractivity contribution in [3.05, 3.63) is 59.2 Å². The van der Waals surface area contributed by atoms with Gasteiger partial charge in [0.1, 0.15) is 5.75 Å². The first-order chi connectivity index (χ1) is 13.7. The zero-order chi connectivity index (χ0) is 21.3. The van der Waals surface area contributed by atoms with Crippen molar-refractivity contribution in [2.45, 2.75) is 38.4 Å². The molecule has 2 aromatic carbocycles. The van der Waals surface area contributed by atoms with Gasteiger partial charge in [-0.25, -0.2) is 0 Å². The SMILES string of the molecule is COc1ccc([C@@H]2Cc3c(cccc3C(F)(F)F)N(C(C)CN)C(=O)[C@@H]2C)cc1. The van der Waals surface area contributed by atoms with Gasteiger partial charge in [0.05, 0.1) is 12.7 Å². The lowest BCUT2D eigenvalue weighted by Gasteiger charge is -2.31. The third-order valence-corrected chi connectivity index (χ3v) is 5.70. The molecule has 0 spiro atoms. The number of nitrogens with zero attached hydrogens (tertiary/aromatic N) is 1. The van der Waals surface area contributed by atoms with Crippen LogP contribution in [0, 0.1) is 5.92 Å². The molecule has 7 heteroatoms. The molecule has 1 unspecified atom stereocenters.